The number of Topliss-reactive ketones (excluding diaryl/α,β-unsaturated/α-hetero) is 1. The number of hydrogen-bond acceptors (Lipinski definition) is 8. The number of likely N-dealkylation sites (tertiary alicyclic amines) is 1. The van der Waals surface area contributed by atoms with Crippen molar-refractivity contribution in [2.75, 3.05) is 25.0 Å². The Morgan fingerprint density at radius 1 is 1.09 bits per heavy atom. The molecule has 1 amide bonds. The lowest BCUT2D eigenvalue weighted by atomic mass is 10.2. The minimum absolute atomic E-state index is 0.115. The van der Waals surface area contributed by atoms with Crippen LogP contribution in [-0.2, 0) is 4.74 Å². The molecule has 3 aromatic heterocycles. The molecule has 0 spiro atoms. The van der Waals surface area contributed by atoms with E-state index in [1.807, 2.05) is 30.3 Å². The second-order valence-electron chi connectivity index (χ2n) is 7.59. The van der Waals surface area contributed by atoms with Crippen molar-refractivity contribution in [1.82, 2.24) is 14.9 Å². The topological polar surface area (TPSA) is 104 Å². The van der Waals surface area contributed by atoms with Crippen molar-refractivity contribution in [3.05, 3.63) is 64.8 Å². The first-order valence-electron chi connectivity index (χ1n) is 10.5. The maximum atomic E-state index is 12.4. The number of thiophene rings is 1. The first kappa shape index (κ1) is 21.4. The summed E-state index contributed by atoms with van der Waals surface area (Å²) in [5.74, 6) is -1.05. The fraction of sp³-hybridized carbons (Fsp3) is 0.217. The van der Waals surface area contributed by atoms with Gasteiger partial charge in [0.15, 0.2) is 11.7 Å². The number of benzene rings is 1. The predicted molar refractivity (Wildman–Crippen MR) is 128 cm³/mol. The number of para-hydroxylation sites is 1. The van der Waals surface area contributed by atoms with E-state index in [1.54, 1.807) is 11.0 Å². The van der Waals surface area contributed by atoms with E-state index in [9.17, 15) is 14.4 Å². The van der Waals surface area contributed by atoms with Crippen molar-refractivity contribution in [3.8, 4) is 0 Å². The normalized spacial score (nSPS) is 13.4. The molecular formula is C23H20N4O4S2. The molecule has 0 unspecified atom stereocenters. The molecule has 1 saturated heterocycles. The van der Waals surface area contributed by atoms with Gasteiger partial charge in [0.25, 0.3) is 5.91 Å². The summed E-state index contributed by atoms with van der Waals surface area (Å²) in [5, 5.41) is 3.98. The van der Waals surface area contributed by atoms with E-state index in [0.29, 0.717) is 16.1 Å². The lowest BCUT2D eigenvalue weighted by molar-refractivity contribution is 0.0479. The molecule has 2 N–H and O–H groups in total. The fourth-order valence-corrected chi connectivity index (χ4v) is 5.62. The Labute approximate surface area is 197 Å². The van der Waals surface area contributed by atoms with Crippen LogP contribution in [0.3, 0.4) is 0 Å². The smallest absolute Gasteiger partial charge is 0.348 e. The molecule has 8 nitrogen and oxygen atoms in total. The molecule has 10 heteroatoms. The summed E-state index contributed by atoms with van der Waals surface area (Å²) in [4.78, 5) is 47.5. The monoisotopic (exact) mass is 480 g/mol. The van der Waals surface area contributed by atoms with Crippen LogP contribution in [0.25, 0.3) is 9.53 Å². The highest BCUT2D eigenvalue weighted by atomic mass is 32.1. The maximum Gasteiger partial charge on any atom is 0.348 e. The number of amides is 1. The summed E-state index contributed by atoms with van der Waals surface area (Å²) < 4.78 is 6.08. The third-order valence-corrected chi connectivity index (χ3v) is 7.33. The van der Waals surface area contributed by atoms with Crippen molar-refractivity contribution < 1.29 is 19.1 Å². The van der Waals surface area contributed by atoms with Gasteiger partial charge in [0, 0.05) is 30.5 Å². The quantitative estimate of drug-likeness (QED) is 0.293. The first-order valence-corrected chi connectivity index (χ1v) is 12.1. The van der Waals surface area contributed by atoms with Gasteiger partial charge >= 0.3 is 5.97 Å². The second kappa shape index (κ2) is 9.16. The van der Waals surface area contributed by atoms with Crippen molar-refractivity contribution in [1.29, 1.82) is 0 Å². The summed E-state index contributed by atoms with van der Waals surface area (Å²) in [7, 11) is 0. The number of nitrogens with one attached hydrogen (secondary N) is 2. The van der Waals surface area contributed by atoms with Gasteiger partial charge in [0.2, 0.25) is 5.78 Å². The van der Waals surface area contributed by atoms with E-state index >= 15 is 0 Å². The summed E-state index contributed by atoms with van der Waals surface area (Å²) in [5.41, 5.74) is 1.62. The lowest BCUT2D eigenvalue weighted by Gasteiger charge is -2.13. The molecule has 168 valence electrons. The summed E-state index contributed by atoms with van der Waals surface area (Å²) >= 11 is 2.66. The number of ketones is 1. The van der Waals surface area contributed by atoms with Crippen LogP contribution in [-0.4, -0.2) is 52.2 Å². The first-order chi connectivity index (χ1) is 16.1. The van der Waals surface area contributed by atoms with Crippen LogP contribution in [0, 0.1) is 0 Å². The zero-order chi connectivity index (χ0) is 22.8. The largest absolute Gasteiger partial charge is 0.453 e. The van der Waals surface area contributed by atoms with Crippen molar-refractivity contribution in [3.63, 3.8) is 0 Å². The second-order valence-corrected chi connectivity index (χ2v) is 9.65. The van der Waals surface area contributed by atoms with E-state index in [0.717, 1.165) is 46.3 Å². The highest BCUT2D eigenvalue weighted by Gasteiger charge is 2.22. The number of fused-ring (bicyclic) bond motifs is 1. The third kappa shape index (κ3) is 4.67. The highest BCUT2D eigenvalue weighted by molar-refractivity contribution is 7.29. The predicted octanol–water partition coefficient (Wildman–Crippen LogP) is 4.71. The third-order valence-electron chi connectivity index (χ3n) is 5.28. The number of H-pyrrole nitrogens is 1. The number of hydrogen-bond donors (Lipinski definition) is 2. The molecule has 0 bridgehead atoms. The Bertz CT molecular complexity index is 1290. The molecule has 1 aliphatic rings. The van der Waals surface area contributed by atoms with Gasteiger partial charge < -0.3 is 19.9 Å². The zero-order valence-electron chi connectivity index (χ0n) is 17.5. The highest BCUT2D eigenvalue weighted by Crippen LogP contribution is 2.34. The maximum absolute atomic E-state index is 12.4. The number of nitrogens with zero attached hydrogens (tertiary/aromatic N) is 2. The van der Waals surface area contributed by atoms with E-state index in [-0.39, 0.29) is 11.7 Å². The molecule has 0 atom stereocenters. The van der Waals surface area contributed by atoms with Crippen molar-refractivity contribution in [2.24, 2.45) is 0 Å². The summed E-state index contributed by atoms with van der Waals surface area (Å²) in [6.45, 7) is 1.07. The van der Waals surface area contributed by atoms with E-state index < -0.39 is 12.6 Å². The van der Waals surface area contributed by atoms with Gasteiger partial charge in [-0.15, -0.1) is 11.3 Å². The van der Waals surface area contributed by atoms with Crippen LogP contribution < -0.4 is 5.32 Å². The Balaban J connectivity index is 1.18. The van der Waals surface area contributed by atoms with Gasteiger partial charge in [0.05, 0.1) is 4.70 Å². The number of carbonyl (C=O) groups excluding carboxylic acids is 3. The van der Waals surface area contributed by atoms with E-state index in [4.69, 9.17) is 4.74 Å². The molecule has 4 heterocycles. The molecule has 4 aromatic rings. The number of aromatic nitrogens is 2. The summed E-state index contributed by atoms with van der Waals surface area (Å²) in [6.07, 6.45) is 3.47. The number of thiazole rings is 1. The van der Waals surface area contributed by atoms with Crippen molar-refractivity contribution in [2.45, 2.75) is 12.8 Å². The van der Waals surface area contributed by atoms with E-state index in [1.165, 1.54) is 34.9 Å². The van der Waals surface area contributed by atoms with Gasteiger partial charge in [-0.05, 0) is 37.1 Å². The number of anilines is 2. The van der Waals surface area contributed by atoms with Gasteiger partial charge in [-0.1, -0.05) is 29.5 Å². The number of aromatic amines is 1. The SMILES string of the molecule is O=C(COC(=O)c1cc2sc(Nc3ccccc3)nc2s1)c1c[nH]c(C(=O)N2CCCC2)c1. The number of ether oxygens (including phenoxy) is 1. The number of esters is 1. The molecule has 33 heavy (non-hydrogen) atoms. The van der Waals surface area contributed by atoms with Crippen LogP contribution in [0.2, 0.25) is 0 Å². The average molecular weight is 481 g/mol. The Morgan fingerprint density at radius 2 is 1.88 bits per heavy atom. The van der Waals surface area contributed by atoms with Crippen LogP contribution in [0.1, 0.15) is 43.4 Å². The summed E-state index contributed by atoms with van der Waals surface area (Å²) in [6, 6.07) is 13.0. The van der Waals surface area contributed by atoms with Crippen LogP contribution >= 0.6 is 22.7 Å². The average Bonchev–Trinajstić information content (AvgIpc) is 3.61. The van der Waals surface area contributed by atoms with Gasteiger partial charge in [-0.2, -0.15) is 0 Å². The number of carbonyl (C=O) groups is 3. The Hall–Kier alpha value is -3.50. The minimum atomic E-state index is -0.569. The Morgan fingerprint density at radius 3 is 2.64 bits per heavy atom. The van der Waals surface area contributed by atoms with Crippen LogP contribution in [0.15, 0.2) is 48.7 Å². The lowest BCUT2D eigenvalue weighted by Crippen LogP contribution is -2.27. The molecule has 5 rings (SSSR count). The standard InChI is InChI=1S/C23H20N4O4S2/c28-17(14-10-16(24-12-14)21(29)27-8-4-5-9-27)13-31-22(30)19-11-18-20(32-19)26-23(33-18)25-15-6-2-1-3-7-15/h1-3,6-7,10-12,24H,4-5,8-9,13H2,(H,25,26). The molecule has 0 saturated carbocycles. The molecule has 1 aromatic carbocycles. The Kier molecular flexibility index (Phi) is 5.93. The molecule has 0 aliphatic carbocycles. The minimum Gasteiger partial charge on any atom is -0.453 e. The van der Waals surface area contributed by atoms with Crippen LogP contribution in [0.4, 0.5) is 10.8 Å². The van der Waals surface area contributed by atoms with Crippen molar-refractivity contribution >= 4 is 60.7 Å². The molecular weight excluding hydrogens is 460 g/mol. The van der Waals surface area contributed by atoms with Gasteiger partial charge in [-0.3, -0.25) is 9.59 Å². The van der Waals surface area contributed by atoms with Crippen LogP contribution in [0.5, 0.6) is 0 Å². The van der Waals surface area contributed by atoms with Gasteiger partial charge in [-0.25, -0.2) is 9.78 Å². The molecule has 0 radical (unpaired) electrons. The molecule has 1 aliphatic heterocycles. The number of rotatable bonds is 7. The van der Waals surface area contributed by atoms with Gasteiger partial charge in [0.1, 0.15) is 15.4 Å². The fourth-order valence-electron chi connectivity index (χ4n) is 3.59. The van der Waals surface area contributed by atoms with E-state index in [2.05, 4.69) is 15.3 Å². The molecule has 1 fully saturated rings. The zero-order valence-corrected chi connectivity index (χ0v) is 19.1.